The van der Waals surface area contributed by atoms with E-state index in [9.17, 15) is 4.39 Å². The maximum atomic E-state index is 13.7. The average Bonchev–Trinajstić information content (AvgIpc) is 2.77. The molecule has 0 fully saturated rings. The van der Waals surface area contributed by atoms with Crippen molar-refractivity contribution in [1.29, 1.82) is 0 Å². The fraction of sp³-hybridized carbons (Fsp3) is 0.133. The third-order valence-corrected chi connectivity index (χ3v) is 3.29. The van der Waals surface area contributed by atoms with Crippen molar-refractivity contribution in [3.63, 3.8) is 0 Å². The van der Waals surface area contributed by atoms with Crippen molar-refractivity contribution in [2.45, 2.75) is 0 Å². The van der Waals surface area contributed by atoms with Crippen molar-refractivity contribution in [3.05, 3.63) is 48.3 Å². The van der Waals surface area contributed by atoms with Crippen LogP contribution in [0.3, 0.4) is 0 Å². The maximum Gasteiger partial charge on any atom is 0.206 e. The van der Waals surface area contributed by atoms with Crippen molar-refractivity contribution >= 4 is 22.7 Å². The number of nitrogens with zero attached hydrogens (tertiary/aromatic N) is 3. The number of anilines is 2. The third kappa shape index (κ3) is 1.87. The molecule has 5 heteroatoms. The standard InChI is InChI=1S/C15H15FN4/c1-19(2)10-6-8-11(9-7-10)20-13-5-3-4-12(16)14(13)18-15(20)17/h3-9H,1-2H3,(H2,17,18). The highest BCUT2D eigenvalue weighted by atomic mass is 19.1. The predicted molar refractivity (Wildman–Crippen MR) is 79.8 cm³/mol. The van der Waals surface area contributed by atoms with Crippen LogP contribution in [-0.4, -0.2) is 23.6 Å². The highest BCUT2D eigenvalue weighted by Crippen LogP contribution is 2.25. The van der Waals surface area contributed by atoms with Crippen LogP contribution >= 0.6 is 0 Å². The summed E-state index contributed by atoms with van der Waals surface area (Å²) in [6, 6.07) is 12.7. The summed E-state index contributed by atoms with van der Waals surface area (Å²) in [7, 11) is 3.96. The minimum atomic E-state index is -0.363. The van der Waals surface area contributed by atoms with Crippen LogP contribution in [-0.2, 0) is 0 Å². The number of imidazole rings is 1. The van der Waals surface area contributed by atoms with Gasteiger partial charge in [-0.15, -0.1) is 0 Å². The number of nitrogen functional groups attached to an aromatic ring is 1. The van der Waals surface area contributed by atoms with E-state index in [1.807, 2.05) is 49.3 Å². The number of fused-ring (bicyclic) bond motifs is 1. The van der Waals surface area contributed by atoms with E-state index in [0.717, 1.165) is 11.4 Å². The van der Waals surface area contributed by atoms with Crippen molar-refractivity contribution in [3.8, 4) is 5.69 Å². The van der Waals surface area contributed by atoms with Gasteiger partial charge in [0.1, 0.15) is 5.52 Å². The molecule has 0 radical (unpaired) electrons. The zero-order valence-electron chi connectivity index (χ0n) is 11.3. The molecular formula is C15H15FN4. The minimum Gasteiger partial charge on any atom is -0.378 e. The van der Waals surface area contributed by atoms with E-state index in [1.165, 1.54) is 6.07 Å². The lowest BCUT2D eigenvalue weighted by molar-refractivity contribution is 0.637. The zero-order valence-corrected chi connectivity index (χ0v) is 11.3. The van der Waals surface area contributed by atoms with Crippen LogP contribution in [0.15, 0.2) is 42.5 Å². The van der Waals surface area contributed by atoms with Crippen LogP contribution in [0.5, 0.6) is 0 Å². The number of hydrogen-bond acceptors (Lipinski definition) is 3. The minimum absolute atomic E-state index is 0.280. The molecule has 0 saturated heterocycles. The molecular weight excluding hydrogens is 255 g/mol. The normalized spacial score (nSPS) is 10.9. The summed E-state index contributed by atoms with van der Waals surface area (Å²) in [6.45, 7) is 0. The second-order valence-corrected chi connectivity index (χ2v) is 4.82. The molecule has 0 unspecified atom stereocenters. The molecule has 0 aliphatic rings. The van der Waals surface area contributed by atoms with Gasteiger partial charge in [-0.1, -0.05) is 6.07 Å². The van der Waals surface area contributed by atoms with E-state index >= 15 is 0 Å². The first-order valence-electron chi connectivity index (χ1n) is 6.28. The third-order valence-electron chi connectivity index (χ3n) is 3.29. The van der Waals surface area contributed by atoms with E-state index in [-0.39, 0.29) is 11.8 Å². The fourth-order valence-corrected chi connectivity index (χ4v) is 2.25. The number of rotatable bonds is 2. The fourth-order valence-electron chi connectivity index (χ4n) is 2.25. The largest absolute Gasteiger partial charge is 0.378 e. The van der Waals surface area contributed by atoms with Gasteiger partial charge in [0, 0.05) is 25.5 Å². The number of para-hydroxylation sites is 1. The SMILES string of the molecule is CN(C)c1ccc(-n2c(N)nc3c(F)cccc32)cc1. The molecule has 0 amide bonds. The molecule has 0 aliphatic carbocycles. The quantitative estimate of drug-likeness (QED) is 0.779. The Balaban J connectivity index is 2.19. The molecule has 0 bridgehead atoms. The second kappa shape index (κ2) is 4.52. The molecule has 0 saturated carbocycles. The molecule has 0 spiro atoms. The molecule has 3 rings (SSSR count). The summed E-state index contributed by atoms with van der Waals surface area (Å²) >= 11 is 0. The lowest BCUT2D eigenvalue weighted by atomic mass is 10.2. The van der Waals surface area contributed by atoms with Gasteiger partial charge in [0.05, 0.1) is 5.52 Å². The Bertz CT molecular complexity index is 759. The lowest BCUT2D eigenvalue weighted by Crippen LogP contribution is -2.08. The number of aromatic nitrogens is 2. The molecule has 3 aromatic rings. The van der Waals surface area contributed by atoms with Crippen LogP contribution in [0.1, 0.15) is 0 Å². The average molecular weight is 270 g/mol. The zero-order chi connectivity index (χ0) is 14.3. The number of benzene rings is 2. The topological polar surface area (TPSA) is 47.1 Å². The summed E-state index contributed by atoms with van der Waals surface area (Å²) in [5, 5.41) is 0. The van der Waals surface area contributed by atoms with E-state index in [0.29, 0.717) is 11.0 Å². The molecule has 1 heterocycles. The summed E-state index contributed by atoms with van der Waals surface area (Å²) in [5.41, 5.74) is 8.84. The molecule has 0 atom stereocenters. The van der Waals surface area contributed by atoms with Gasteiger partial charge >= 0.3 is 0 Å². The Morgan fingerprint density at radius 3 is 2.45 bits per heavy atom. The van der Waals surface area contributed by atoms with E-state index in [4.69, 9.17) is 5.73 Å². The second-order valence-electron chi connectivity index (χ2n) is 4.82. The van der Waals surface area contributed by atoms with Crippen LogP contribution in [0, 0.1) is 5.82 Å². The first-order valence-corrected chi connectivity index (χ1v) is 6.28. The number of halogens is 1. The van der Waals surface area contributed by atoms with Crippen molar-refractivity contribution in [2.75, 3.05) is 24.7 Å². The summed E-state index contributed by atoms with van der Waals surface area (Å²) in [4.78, 5) is 6.11. The molecule has 1 aromatic heterocycles. The van der Waals surface area contributed by atoms with Gasteiger partial charge in [-0.3, -0.25) is 4.57 Å². The van der Waals surface area contributed by atoms with Crippen LogP contribution < -0.4 is 10.6 Å². The summed E-state index contributed by atoms with van der Waals surface area (Å²) < 4.78 is 15.5. The van der Waals surface area contributed by atoms with Gasteiger partial charge < -0.3 is 10.6 Å². The van der Waals surface area contributed by atoms with Gasteiger partial charge in [0.2, 0.25) is 5.95 Å². The summed E-state index contributed by atoms with van der Waals surface area (Å²) in [5.74, 6) is -0.0828. The first kappa shape index (κ1) is 12.5. The monoisotopic (exact) mass is 270 g/mol. The van der Waals surface area contributed by atoms with E-state index in [2.05, 4.69) is 4.98 Å². The van der Waals surface area contributed by atoms with Gasteiger partial charge in [-0.25, -0.2) is 9.37 Å². The Morgan fingerprint density at radius 1 is 1.10 bits per heavy atom. The molecule has 0 aliphatic heterocycles. The van der Waals surface area contributed by atoms with E-state index in [1.54, 1.807) is 10.6 Å². The van der Waals surface area contributed by atoms with Crippen molar-refractivity contribution in [2.24, 2.45) is 0 Å². The first-order chi connectivity index (χ1) is 9.58. The Labute approximate surface area is 116 Å². The molecule has 20 heavy (non-hydrogen) atoms. The van der Waals surface area contributed by atoms with Gasteiger partial charge in [-0.2, -0.15) is 0 Å². The smallest absolute Gasteiger partial charge is 0.206 e. The molecule has 102 valence electrons. The molecule has 4 nitrogen and oxygen atoms in total. The Kier molecular flexibility index (Phi) is 2.82. The molecule has 2 N–H and O–H groups in total. The van der Waals surface area contributed by atoms with Crippen LogP contribution in [0.2, 0.25) is 0 Å². The van der Waals surface area contributed by atoms with E-state index < -0.39 is 0 Å². The van der Waals surface area contributed by atoms with Gasteiger partial charge in [-0.05, 0) is 36.4 Å². The van der Waals surface area contributed by atoms with Crippen LogP contribution in [0.4, 0.5) is 16.0 Å². The van der Waals surface area contributed by atoms with Crippen molar-refractivity contribution < 1.29 is 4.39 Å². The number of nitrogens with two attached hydrogens (primary N) is 1. The van der Waals surface area contributed by atoms with Crippen molar-refractivity contribution in [1.82, 2.24) is 9.55 Å². The van der Waals surface area contributed by atoms with Crippen LogP contribution in [0.25, 0.3) is 16.7 Å². The summed E-state index contributed by atoms with van der Waals surface area (Å²) in [6.07, 6.45) is 0. The highest BCUT2D eigenvalue weighted by Gasteiger charge is 2.12. The Hall–Kier alpha value is -2.56. The number of hydrogen-bond donors (Lipinski definition) is 1. The highest BCUT2D eigenvalue weighted by molar-refractivity contribution is 5.81. The Morgan fingerprint density at radius 2 is 1.80 bits per heavy atom. The molecule has 2 aromatic carbocycles. The van der Waals surface area contributed by atoms with Gasteiger partial charge in [0.15, 0.2) is 5.82 Å². The van der Waals surface area contributed by atoms with Gasteiger partial charge in [0.25, 0.3) is 0 Å². The lowest BCUT2D eigenvalue weighted by Gasteiger charge is -2.13. The predicted octanol–water partition coefficient (Wildman–Crippen LogP) is 2.81. The maximum absolute atomic E-state index is 13.7.